The van der Waals surface area contributed by atoms with Crippen molar-refractivity contribution < 1.29 is 4.79 Å². The van der Waals surface area contributed by atoms with Gasteiger partial charge in [-0.05, 0) is 30.7 Å². The third-order valence-electron chi connectivity index (χ3n) is 3.14. The summed E-state index contributed by atoms with van der Waals surface area (Å²) < 4.78 is 0. The van der Waals surface area contributed by atoms with Gasteiger partial charge in [-0.25, -0.2) is 4.98 Å². The highest BCUT2D eigenvalue weighted by Crippen LogP contribution is 2.24. The number of amides is 1. The predicted molar refractivity (Wildman–Crippen MR) is 79.0 cm³/mol. The lowest BCUT2D eigenvalue weighted by molar-refractivity contribution is 0.0742. The number of carbonyl (C=O) groups excluding carboxylic acids is 1. The van der Waals surface area contributed by atoms with Gasteiger partial charge in [0.2, 0.25) is 0 Å². The van der Waals surface area contributed by atoms with E-state index in [1.165, 1.54) is 12.3 Å². The van der Waals surface area contributed by atoms with Gasteiger partial charge in [-0.3, -0.25) is 9.78 Å². The third-order valence-corrected chi connectivity index (χ3v) is 3.65. The fraction of sp³-hybridized carbons (Fsp3) is 0.214. The van der Waals surface area contributed by atoms with E-state index in [2.05, 4.69) is 9.97 Å². The van der Waals surface area contributed by atoms with Crippen molar-refractivity contribution in [1.82, 2.24) is 14.9 Å². The van der Waals surface area contributed by atoms with E-state index in [1.807, 2.05) is 19.1 Å². The van der Waals surface area contributed by atoms with Crippen LogP contribution in [0.1, 0.15) is 28.9 Å². The molecule has 6 heteroatoms. The maximum atomic E-state index is 12.5. The second-order valence-corrected chi connectivity index (χ2v) is 5.15. The molecular formula is C14H13Cl2N3O. The molecule has 4 nitrogen and oxygen atoms in total. The Hall–Kier alpha value is -1.65. The first kappa shape index (κ1) is 14.8. The molecule has 2 aromatic rings. The van der Waals surface area contributed by atoms with Gasteiger partial charge in [-0.15, -0.1) is 0 Å². The van der Waals surface area contributed by atoms with Crippen molar-refractivity contribution in [3.8, 4) is 0 Å². The van der Waals surface area contributed by atoms with Gasteiger partial charge in [-0.2, -0.15) is 0 Å². The van der Waals surface area contributed by atoms with Gasteiger partial charge >= 0.3 is 0 Å². The number of nitrogens with zero attached hydrogens (tertiary/aromatic N) is 3. The lowest BCUT2D eigenvalue weighted by Crippen LogP contribution is -2.30. The van der Waals surface area contributed by atoms with E-state index < -0.39 is 0 Å². The summed E-state index contributed by atoms with van der Waals surface area (Å²) in [5, 5.41) is 0.524. The number of rotatable bonds is 3. The Balaban J connectivity index is 2.27. The lowest BCUT2D eigenvalue weighted by Gasteiger charge is -2.25. The second-order valence-electron chi connectivity index (χ2n) is 4.36. The molecule has 0 saturated carbocycles. The standard InChI is InChI=1S/C14H13Cl2N3O/c1-9(10-3-5-17-6-4-10)19(2)14(20)11-7-13(16)18-8-12(11)15/h3-9H,1-2H3. The molecule has 104 valence electrons. The van der Waals surface area contributed by atoms with E-state index >= 15 is 0 Å². The highest BCUT2D eigenvalue weighted by Gasteiger charge is 2.21. The first-order valence-electron chi connectivity index (χ1n) is 5.99. The molecule has 0 bridgehead atoms. The summed E-state index contributed by atoms with van der Waals surface area (Å²) in [6, 6.07) is 5.11. The Labute approximate surface area is 127 Å². The van der Waals surface area contributed by atoms with Crippen LogP contribution in [0.25, 0.3) is 0 Å². The van der Waals surface area contributed by atoms with Crippen LogP contribution < -0.4 is 0 Å². The van der Waals surface area contributed by atoms with Gasteiger partial charge in [0.1, 0.15) is 5.15 Å². The van der Waals surface area contributed by atoms with Gasteiger partial charge in [0.05, 0.1) is 16.6 Å². The van der Waals surface area contributed by atoms with Gasteiger partial charge in [0.25, 0.3) is 5.91 Å². The van der Waals surface area contributed by atoms with Crippen LogP contribution in [0.5, 0.6) is 0 Å². The Bertz CT molecular complexity index is 619. The fourth-order valence-corrected chi connectivity index (χ4v) is 2.15. The van der Waals surface area contributed by atoms with Crippen LogP contribution in [0.15, 0.2) is 36.8 Å². The minimum Gasteiger partial charge on any atom is -0.335 e. The van der Waals surface area contributed by atoms with E-state index in [0.717, 1.165) is 5.56 Å². The van der Waals surface area contributed by atoms with Gasteiger partial charge in [0.15, 0.2) is 0 Å². The summed E-state index contributed by atoms with van der Waals surface area (Å²) >= 11 is 11.8. The number of hydrogen-bond donors (Lipinski definition) is 0. The molecule has 0 saturated heterocycles. The average Bonchev–Trinajstić information content (AvgIpc) is 2.48. The maximum absolute atomic E-state index is 12.5. The molecule has 0 N–H and O–H groups in total. The molecule has 0 spiro atoms. The van der Waals surface area contributed by atoms with Crippen molar-refractivity contribution in [1.29, 1.82) is 0 Å². The normalized spacial score (nSPS) is 12.0. The average molecular weight is 310 g/mol. The van der Waals surface area contributed by atoms with Gasteiger partial charge in [0, 0.05) is 25.6 Å². The molecule has 0 aliphatic heterocycles. The largest absolute Gasteiger partial charge is 0.335 e. The Morgan fingerprint density at radius 1 is 1.30 bits per heavy atom. The summed E-state index contributed by atoms with van der Waals surface area (Å²) in [5.41, 5.74) is 1.34. The summed E-state index contributed by atoms with van der Waals surface area (Å²) in [6.45, 7) is 1.93. The van der Waals surface area contributed by atoms with Crippen LogP contribution in [-0.2, 0) is 0 Å². The molecule has 0 radical (unpaired) electrons. The van der Waals surface area contributed by atoms with Crippen molar-refractivity contribution in [3.63, 3.8) is 0 Å². The van der Waals surface area contributed by atoms with E-state index in [4.69, 9.17) is 23.2 Å². The molecule has 2 aromatic heterocycles. The van der Waals surface area contributed by atoms with Gasteiger partial charge in [-0.1, -0.05) is 23.2 Å². The molecule has 1 unspecified atom stereocenters. The van der Waals surface area contributed by atoms with Crippen LogP contribution in [-0.4, -0.2) is 27.8 Å². The van der Waals surface area contributed by atoms with Crippen LogP contribution in [0.4, 0.5) is 0 Å². The van der Waals surface area contributed by atoms with Crippen molar-refractivity contribution in [3.05, 3.63) is 58.1 Å². The SMILES string of the molecule is CC(c1ccncc1)N(C)C(=O)c1cc(Cl)ncc1Cl. The molecule has 2 heterocycles. The van der Waals surface area contributed by atoms with Crippen molar-refractivity contribution in [2.24, 2.45) is 0 Å². The molecule has 0 aliphatic carbocycles. The summed E-state index contributed by atoms with van der Waals surface area (Å²) in [4.78, 5) is 21.9. The third kappa shape index (κ3) is 3.08. The van der Waals surface area contributed by atoms with E-state index in [-0.39, 0.29) is 22.1 Å². The first-order valence-corrected chi connectivity index (χ1v) is 6.74. The monoisotopic (exact) mass is 309 g/mol. The smallest absolute Gasteiger partial charge is 0.255 e. The molecule has 0 aliphatic rings. The van der Waals surface area contributed by atoms with Crippen molar-refractivity contribution in [2.45, 2.75) is 13.0 Å². The zero-order valence-corrected chi connectivity index (χ0v) is 12.6. The topological polar surface area (TPSA) is 46.1 Å². The lowest BCUT2D eigenvalue weighted by atomic mass is 10.1. The zero-order valence-electron chi connectivity index (χ0n) is 11.0. The maximum Gasteiger partial charge on any atom is 0.255 e. The van der Waals surface area contributed by atoms with Crippen molar-refractivity contribution in [2.75, 3.05) is 7.05 Å². The highest BCUT2D eigenvalue weighted by molar-refractivity contribution is 6.35. The van der Waals surface area contributed by atoms with Crippen LogP contribution in [0, 0.1) is 0 Å². The van der Waals surface area contributed by atoms with Gasteiger partial charge < -0.3 is 4.90 Å². The summed E-state index contributed by atoms with van der Waals surface area (Å²) in [6.07, 6.45) is 4.77. The fourth-order valence-electron chi connectivity index (χ4n) is 1.81. The first-order chi connectivity index (χ1) is 9.50. The Morgan fingerprint density at radius 2 is 1.95 bits per heavy atom. The van der Waals surface area contributed by atoms with Crippen LogP contribution in [0.3, 0.4) is 0 Å². The quantitative estimate of drug-likeness (QED) is 0.814. The van der Waals surface area contributed by atoms with E-state index in [0.29, 0.717) is 5.56 Å². The molecule has 0 aromatic carbocycles. The van der Waals surface area contributed by atoms with E-state index in [9.17, 15) is 4.79 Å². The molecule has 1 atom stereocenters. The Kier molecular flexibility index (Phi) is 4.57. The number of pyridine rings is 2. The number of aromatic nitrogens is 2. The highest BCUT2D eigenvalue weighted by atomic mass is 35.5. The zero-order chi connectivity index (χ0) is 14.7. The minimum absolute atomic E-state index is 0.103. The van der Waals surface area contributed by atoms with E-state index in [1.54, 1.807) is 24.3 Å². The second kappa shape index (κ2) is 6.20. The molecule has 0 fully saturated rings. The molecule has 1 amide bonds. The Morgan fingerprint density at radius 3 is 2.60 bits per heavy atom. The number of hydrogen-bond acceptors (Lipinski definition) is 3. The number of carbonyl (C=O) groups is 1. The summed E-state index contributed by atoms with van der Waals surface area (Å²) in [7, 11) is 1.72. The predicted octanol–water partition coefficient (Wildman–Crippen LogP) is 3.62. The summed E-state index contributed by atoms with van der Waals surface area (Å²) in [5.74, 6) is -0.205. The van der Waals surface area contributed by atoms with Crippen molar-refractivity contribution >= 4 is 29.1 Å². The molecule has 2 rings (SSSR count). The van der Waals surface area contributed by atoms with Crippen LogP contribution >= 0.6 is 23.2 Å². The molecule has 20 heavy (non-hydrogen) atoms. The number of halogens is 2. The molecular weight excluding hydrogens is 297 g/mol. The van der Waals surface area contributed by atoms with Crippen LogP contribution in [0.2, 0.25) is 10.2 Å². The minimum atomic E-state index is -0.205.